The van der Waals surface area contributed by atoms with Gasteiger partial charge in [-0.05, 0) is 30.0 Å². The molecular weight excluding hydrogens is 427 g/mol. The Bertz CT molecular complexity index is 1290. The molecule has 10 heteroatoms. The molecular formula is C23H23FN6O3. The Kier molecular flexibility index (Phi) is 4.51. The SMILES string of the molecule is Cc1c(-c2cc3cc(NC(=O)NC4[C@H]5COC[C@@H]45)ncc3c(N)c2F)cnc2c1NCCO2. The van der Waals surface area contributed by atoms with Crippen LogP contribution in [0.25, 0.3) is 21.9 Å². The Balaban J connectivity index is 1.32. The number of halogens is 1. The average molecular weight is 450 g/mol. The Labute approximate surface area is 188 Å². The van der Waals surface area contributed by atoms with Gasteiger partial charge in [0.15, 0.2) is 5.82 Å². The Morgan fingerprint density at radius 1 is 1.21 bits per heavy atom. The first kappa shape index (κ1) is 20.0. The monoisotopic (exact) mass is 450 g/mol. The van der Waals surface area contributed by atoms with Crippen molar-refractivity contribution >= 4 is 34.0 Å². The van der Waals surface area contributed by atoms with Crippen LogP contribution in [0.3, 0.4) is 0 Å². The van der Waals surface area contributed by atoms with Gasteiger partial charge in [-0.1, -0.05) is 0 Å². The molecule has 0 spiro atoms. The second-order valence-electron chi connectivity index (χ2n) is 8.68. The molecule has 33 heavy (non-hydrogen) atoms. The number of pyridine rings is 2. The molecule has 4 heterocycles. The number of aromatic nitrogens is 2. The van der Waals surface area contributed by atoms with Crippen LogP contribution >= 0.6 is 0 Å². The molecule has 5 N–H and O–H groups in total. The molecule has 3 aliphatic rings. The second-order valence-corrected chi connectivity index (χ2v) is 8.68. The topological polar surface area (TPSA) is 123 Å². The number of carbonyl (C=O) groups is 1. The maximum absolute atomic E-state index is 15.3. The summed E-state index contributed by atoms with van der Waals surface area (Å²) < 4.78 is 26.2. The molecule has 9 nitrogen and oxygen atoms in total. The van der Waals surface area contributed by atoms with Crippen molar-refractivity contribution in [2.24, 2.45) is 11.8 Å². The maximum atomic E-state index is 15.3. The number of hydrogen-bond acceptors (Lipinski definition) is 7. The minimum atomic E-state index is -0.535. The number of ether oxygens (including phenoxy) is 2. The van der Waals surface area contributed by atoms with Gasteiger partial charge in [-0.3, -0.25) is 5.32 Å². The van der Waals surface area contributed by atoms with Crippen LogP contribution in [0.1, 0.15) is 5.56 Å². The average Bonchev–Trinajstić information content (AvgIpc) is 3.22. The molecule has 0 radical (unpaired) electrons. The molecule has 1 aliphatic carbocycles. The fourth-order valence-corrected chi connectivity index (χ4v) is 4.81. The lowest BCUT2D eigenvalue weighted by Crippen LogP contribution is -2.34. The first-order valence-corrected chi connectivity index (χ1v) is 10.9. The van der Waals surface area contributed by atoms with E-state index < -0.39 is 5.82 Å². The van der Waals surface area contributed by atoms with Crippen LogP contribution in [0.4, 0.5) is 26.4 Å². The summed E-state index contributed by atoms with van der Waals surface area (Å²) in [4.78, 5) is 21.0. The summed E-state index contributed by atoms with van der Waals surface area (Å²) in [6.45, 7) is 4.45. The molecule has 3 aromatic rings. The van der Waals surface area contributed by atoms with Gasteiger partial charge in [0, 0.05) is 53.3 Å². The molecule has 1 saturated heterocycles. The van der Waals surface area contributed by atoms with Crippen LogP contribution in [0, 0.1) is 24.6 Å². The van der Waals surface area contributed by atoms with Crippen molar-refractivity contribution in [3.63, 3.8) is 0 Å². The summed E-state index contributed by atoms with van der Waals surface area (Å²) in [6.07, 6.45) is 3.06. The molecule has 0 bridgehead atoms. The zero-order valence-corrected chi connectivity index (χ0v) is 17.9. The summed E-state index contributed by atoms with van der Waals surface area (Å²) in [7, 11) is 0. The van der Waals surface area contributed by atoms with Gasteiger partial charge in [0.05, 0.1) is 18.9 Å². The minimum Gasteiger partial charge on any atom is -0.474 e. The van der Waals surface area contributed by atoms with Crippen LogP contribution in [0.5, 0.6) is 5.88 Å². The van der Waals surface area contributed by atoms with Crippen molar-refractivity contribution in [2.75, 3.05) is 42.7 Å². The zero-order chi connectivity index (χ0) is 22.7. The van der Waals surface area contributed by atoms with E-state index in [1.165, 1.54) is 6.20 Å². The van der Waals surface area contributed by atoms with Gasteiger partial charge in [0.25, 0.3) is 0 Å². The summed E-state index contributed by atoms with van der Waals surface area (Å²) in [5.74, 6) is 1.13. The van der Waals surface area contributed by atoms with Gasteiger partial charge < -0.3 is 25.8 Å². The Morgan fingerprint density at radius 2 is 2.03 bits per heavy atom. The molecule has 170 valence electrons. The highest BCUT2D eigenvalue weighted by Gasteiger charge is 2.54. The van der Waals surface area contributed by atoms with Gasteiger partial charge in [0.2, 0.25) is 5.88 Å². The lowest BCUT2D eigenvalue weighted by Gasteiger charge is -2.22. The largest absolute Gasteiger partial charge is 0.474 e. The summed E-state index contributed by atoms with van der Waals surface area (Å²) in [5.41, 5.74) is 8.65. The lowest BCUT2D eigenvalue weighted by atomic mass is 9.97. The summed E-state index contributed by atoms with van der Waals surface area (Å²) >= 11 is 0. The Morgan fingerprint density at radius 3 is 2.85 bits per heavy atom. The number of nitrogens with two attached hydrogens (primary N) is 1. The fourth-order valence-electron chi connectivity index (χ4n) is 4.81. The molecule has 1 aromatic carbocycles. The minimum absolute atomic E-state index is 0.00172. The highest BCUT2D eigenvalue weighted by atomic mass is 19.1. The van der Waals surface area contributed by atoms with Crippen molar-refractivity contribution in [1.82, 2.24) is 15.3 Å². The van der Waals surface area contributed by atoms with Gasteiger partial charge >= 0.3 is 6.03 Å². The van der Waals surface area contributed by atoms with E-state index in [2.05, 4.69) is 25.9 Å². The molecule has 3 atom stereocenters. The van der Waals surface area contributed by atoms with Crippen molar-refractivity contribution in [2.45, 2.75) is 13.0 Å². The van der Waals surface area contributed by atoms with E-state index in [1.807, 2.05) is 6.92 Å². The molecule has 2 aromatic heterocycles. The molecule has 1 unspecified atom stereocenters. The van der Waals surface area contributed by atoms with Gasteiger partial charge in [-0.2, -0.15) is 0 Å². The predicted octanol–water partition coefficient (Wildman–Crippen LogP) is 2.90. The molecule has 1 saturated carbocycles. The first-order chi connectivity index (χ1) is 16.0. The molecule has 6 rings (SSSR count). The van der Waals surface area contributed by atoms with E-state index in [0.29, 0.717) is 71.8 Å². The van der Waals surface area contributed by atoms with Gasteiger partial charge in [-0.15, -0.1) is 0 Å². The van der Waals surface area contributed by atoms with Crippen LogP contribution in [-0.4, -0.2) is 48.4 Å². The first-order valence-electron chi connectivity index (χ1n) is 10.9. The number of fused-ring (bicyclic) bond motifs is 3. The zero-order valence-electron chi connectivity index (χ0n) is 17.9. The van der Waals surface area contributed by atoms with Crippen molar-refractivity contribution in [1.29, 1.82) is 0 Å². The maximum Gasteiger partial charge on any atom is 0.320 e. The van der Waals surface area contributed by atoms with Crippen molar-refractivity contribution in [3.05, 3.63) is 35.9 Å². The highest BCUT2D eigenvalue weighted by Crippen LogP contribution is 2.44. The van der Waals surface area contributed by atoms with Crippen LogP contribution < -0.4 is 26.4 Å². The second kappa shape index (κ2) is 7.45. The predicted molar refractivity (Wildman–Crippen MR) is 122 cm³/mol. The standard InChI is InChI=1S/C23H23FN6O3/c1-10-13(6-28-22-20(10)26-2-3-33-22)12-4-11-5-17(27-7-14(11)19(25)18(12)24)29-23(31)30-21-15-8-32-9-16(15)21/h4-7,15-16,21,26H,2-3,8-9,25H2,1H3,(H2,27,29,30,31)/t15-,16+,21?. The van der Waals surface area contributed by atoms with Crippen molar-refractivity contribution < 1.29 is 18.7 Å². The van der Waals surface area contributed by atoms with E-state index in [4.69, 9.17) is 15.2 Å². The highest BCUT2D eigenvalue weighted by molar-refractivity contribution is 6.00. The smallest absolute Gasteiger partial charge is 0.320 e. The number of nitrogen functional groups attached to an aromatic ring is 1. The number of anilines is 3. The summed E-state index contributed by atoms with van der Waals surface area (Å²) in [6, 6.07) is 3.22. The Hall–Kier alpha value is -3.66. The normalized spacial score (nSPS) is 22.7. The number of amides is 2. The van der Waals surface area contributed by atoms with Crippen LogP contribution in [0.15, 0.2) is 24.5 Å². The number of nitrogens with zero attached hydrogens (tertiary/aromatic N) is 2. The van der Waals surface area contributed by atoms with Crippen LogP contribution in [0.2, 0.25) is 0 Å². The lowest BCUT2D eigenvalue weighted by molar-refractivity contribution is 0.157. The molecule has 2 amide bonds. The third-order valence-corrected chi connectivity index (χ3v) is 6.73. The number of hydrogen-bond donors (Lipinski definition) is 4. The number of nitrogens with one attached hydrogen (secondary N) is 3. The van der Waals surface area contributed by atoms with Crippen LogP contribution in [-0.2, 0) is 4.74 Å². The number of carbonyl (C=O) groups excluding carboxylic acids is 1. The third kappa shape index (κ3) is 3.29. The van der Waals surface area contributed by atoms with Gasteiger partial charge in [-0.25, -0.2) is 19.2 Å². The number of urea groups is 1. The van der Waals surface area contributed by atoms with Crippen molar-refractivity contribution in [3.8, 4) is 17.0 Å². The van der Waals surface area contributed by atoms with E-state index >= 15 is 4.39 Å². The number of rotatable bonds is 3. The molecule has 2 aliphatic heterocycles. The van der Waals surface area contributed by atoms with E-state index in [9.17, 15) is 4.79 Å². The van der Waals surface area contributed by atoms with E-state index in [1.54, 1.807) is 18.3 Å². The van der Waals surface area contributed by atoms with Gasteiger partial charge in [0.1, 0.15) is 18.1 Å². The quantitative estimate of drug-likeness (QED) is 0.453. The summed E-state index contributed by atoms with van der Waals surface area (Å²) in [5, 5.41) is 10.1. The number of benzene rings is 1. The fraction of sp³-hybridized carbons (Fsp3) is 0.348. The van der Waals surface area contributed by atoms with E-state index in [-0.39, 0.29) is 17.8 Å². The molecule has 2 fully saturated rings. The van der Waals surface area contributed by atoms with E-state index in [0.717, 1.165) is 11.3 Å². The third-order valence-electron chi connectivity index (χ3n) is 6.73.